The molecule has 0 aromatic rings. The Labute approximate surface area is 205 Å². The van der Waals surface area contributed by atoms with Crippen molar-refractivity contribution in [2.45, 2.75) is 93.4 Å². The average molecular weight is 455 g/mol. The van der Waals surface area contributed by atoms with Crippen molar-refractivity contribution in [1.29, 1.82) is 0 Å². The molecule has 0 aliphatic heterocycles. The molecule has 0 nitrogen and oxygen atoms in total. The van der Waals surface area contributed by atoms with E-state index in [4.69, 9.17) is 0 Å². The molecule has 186 valence electrons. The molecule has 0 saturated heterocycles. The molecule has 33 heavy (non-hydrogen) atoms. The van der Waals surface area contributed by atoms with E-state index in [1.54, 1.807) is 6.08 Å². The van der Waals surface area contributed by atoms with Crippen molar-refractivity contribution in [3.63, 3.8) is 0 Å². The minimum absolute atomic E-state index is 0.148. The molecule has 4 atom stereocenters. The fraction of sp³-hybridized carbons (Fsp3) is 0.562. The first-order chi connectivity index (χ1) is 15.4. The normalized spacial score (nSPS) is 16.4. The van der Waals surface area contributed by atoms with Crippen molar-refractivity contribution in [2.75, 3.05) is 0 Å². The lowest BCUT2D eigenvalue weighted by molar-refractivity contribution is 0.445. The molecule has 0 saturated carbocycles. The Morgan fingerprint density at radius 2 is 1.45 bits per heavy atom. The Bertz CT molecular complexity index is 742. The predicted octanol–water partition coefficient (Wildman–Crippen LogP) is 10.9. The maximum absolute atomic E-state index is 14.8. The molecule has 1 heteroatoms. The molecule has 0 aliphatic rings. The van der Waals surface area contributed by atoms with Gasteiger partial charge in [-0.05, 0) is 78.2 Å². The van der Waals surface area contributed by atoms with Crippen LogP contribution in [0.5, 0.6) is 0 Å². The van der Waals surface area contributed by atoms with Gasteiger partial charge >= 0.3 is 0 Å². The first-order valence-corrected chi connectivity index (χ1v) is 12.9. The summed E-state index contributed by atoms with van der Waals surface area (Å²) >= 11 is 0. The number of hydrogen-bond acceptors (Lipinski definition) is 0. The summed E-state index contributed by atoms with van der Waals surface area (Å²) < 4.78 is 14.8. The Morgan fingerprint density at radius 1 is 0.818 bits per heavy atom. The molecule has 0 aliphatic carbocycles. The van der Waals surface area contributed by atoms with E-state index >= 15 is 0 Å². The smallest absolute Gasteiger partial charge is 0.126 e. The maximum atomic E-state index is 14.8. The van der Waals surface area contributed by atoms with Gasteiger partial charge in [-0.2, -0.15) is 0 Å². The zero-order chi connectivity index (χ0) is 25.6. The maximum Gasteiger partial charge on any atom is 0.126 e. The van der Waals surface area contributed by atoms with Crippen LogP contribution in [0, 0.1) is 23.7 Å². The zero-order valence-corrected chi connectivity index (χ0v) is 22.8. The van der Waals surface area contributed by atoms with Gasteiger partial charge in [-0.15, -0.1) is 0 Å². The Balaban J connectivity index is 4.83. The predicted molar refractivity (Wildman–Crippen MR) is 149 cm³/mol. The number of rotatable bonds is 17. The first-order valence-electron chi connectivity index (χ1n) is 12.9. The second-order valence-electron chi connectivity index (χ2n) is 10.1. The van der Waals surface area contributed by atoms with E-state index in [9.17, 15) is 4.39 Å². The lowest BCUT2D eigenvalue weighted by Gasteiger charge is -2.17. The van der Waals surface area contributed by atoms with E-state index in [2.05, 4.69) is 93.0 Å². The van der Waals surface area contributed by atoms with Gasteiger partial charge in [0.15, 0.2) is 0 Å². The van der Waals surface area contributed by atoms with Crippen molar-refractivity contribution < 1.29 is 4.39 Å². The quantitative estimate of drug-likeness (QED) is 0.192. The van der Waals surface area contributed by atoms with Gasteiger partial charge < -0.3 is 0 Å². The summed E-state index contributed by atoms with van der Waals surface area (Å²) in [7, 11) is 0. The first kappa shape index (κ1) is 31.1. The second-order valence-corrected chi connectivity index (χ2v) is 10.1. The molecule has 0 aromatic carbocycles. The van der Waals surface area contributed by atoms with E-state index in [0.29, 0.717) is 17.4 Å². The summed E-state index contributed by atoms with van der Waals surface area (Å²) in [6.07, 6.45) is 15.5. The molecule has 0 heterocycles. The highest BCUT2D eigenvalue weighted by atomic mass is 19.1. The summed E-state index contributed by atoms with van der Waals surface area (Å²) in [5, 5.41) is 0. The van der Waals surface area contributed by atoms with Crippen LogP contribution in [0.25, 0.3) is 0 Å². The van der Waals surface area contributed by atoms with Crippen molar-refractivity contribution in [3.8, 4) is 0 Å². The van der Waals surface area contributed by atoms with Crippen LogP contribution in [-0.2, 0) is 0 Å². The molecule has 0 fully saturated rings. The Kier molecular flexibility index (Phi) is 15.7. The van der Waals surface area contributed by atoms with Gasteiger partial charge in [-0.1, -0.05) is 117 Å². The van der Waals surface area contributed by atoms with Crippen molar-refractivity contribution in [3.05, 3.63) is 84.3 Å². The lowest BCUT2D eigenvalue weighted by Crippen LogP contribution is -2.04. The summed E-state index contributed by atoms with van der Waals surface area (Å²) in [5.74, 6) is 1.23. The number of halogens is 1. The molecule has 0 amide bonds. The average Bonchev–Trinajstić information content (AvgIpc) is 2.80. The molecular weight excluding hydrogens is 403 g/mol. The fourth-order valence-corrected chi connectivity index (χ4v) is 3.38. The zero-order valence-electron chi connectivity index (χ0n) is 22.8. The molecule has 4 unspecified atom stereocenters. The Morgan fingerprint density at radius 3 is 2.03 bits per heavy atom. The highest BCUT2D eigenvalue weighted by Crippen LogP contribution is 2.28. The van der Waals surface area contributed by atoms with Gasteiger partial charge in [0.1, 0.15) is 5.83 Å². The van der Waals surface area contributed by atoms with Crippen molar-refractivity contribution in [2.24, 2.45) is 23.7 Å². The third-order valence-electron chi connectivity index (χ3n) is 7.04. The molecule has 0 bridgehead atoms. The van der Waals surface area contributed by atoms with Crippen LogP contribution in [0.4, 0.5) is 4.39 Å². The monoisotopic (exact) mass is 454 g/mol. The summed E-state index contributed by atoms with van der Waals surface area (Å²) in [4.78, 5) is 0. The van der Waals surface area contributed by atoms with Crippen LogP contribution in [0.3, 0.4) is 0 Å². The highest BCUT2D eigenvalue weighted by Gasteiger charge is 2.14. The second kappa shape index (κ2) is 16.7. The van der Waals surface area contributed by atoms with Gasteiger partial charge in [-0.25, -0.2) is 4.39 Å². The standard InChI is InChI=1S/C32H51F/c1-12-14-15-24(4)25(5)18-19-26(6)27(7)20-21-28(8)30(10)22-32(33)31(11)29(9)17-16-23(3)13-2/h18-20,22-24,28-29H,5-6,10-17,21H2,1-4,7-9H3/b19-18-,27-20+,32-22+. The third kappa shape index (κ3) is 12.8. The minimum atomic E-state index is -0.229. The van der Waals surface area contributed by atoms with Crippen molar-refractivity contribution in [1.82, 2.24) is 0 Å². The molecule has 0 N–H and O–H groups in total. The van der Waals surface area contributed by atoms with Gasteiger partial charge in [0.05, 0.1) is 0 Å². The van der Waals surface area contributed by atoms with Crippen LogP contribution >= 0.6 is 0 Å². The number of hydrogen-bond donors (Lipinski definition) is 0. The lowest BCUT2D eigenvalue weighted by atomic mass is 9.90. The SMILES string of the molecule is C=C(/C=C\C(=C)C(C)CCCC)/C(C)=C/CC(C)C(=C)/C=C(/F)C(=C)C(C)CCC(C)CC. The van der Waals surface area contributed by atoms with E-state index in [1.165, 1.54) is 19.3 Å². The van der Waals surface area contributed by atoms with Crippen LogP contribution in [0.15, 0.2) is 84.3 Å². The molecule has 0 aromatic heterocycles. The largest absolute Gasteiger partial charge is 0.207 e. The highest BCUT2D eigenvalue weighted by molar-refractivity contribution is 5.39. The van der Waals surface area contributed by atoms with Crippen LogP contribution in [0.2, 0.25) is 0 Å². The van der Waals surface area contributed by atoms with Crippen LogP contribution in [-0.4, -0.2) is 0 Å². The van der Waals surface area contributed by atoms with Crippen molar-refractivity contribution >= 4 is 0 Å². The summed E-state index contributed by atoms with van der Waals surface area (Å²) in [6, 6.07) is 0. The third-order valence-corrected chi connectivity index (χ3v) is 7.04. The summed E-state index contributed by atoms with van der Waals surface area (Å²) in [5.41, 5.74) is 4.66. The van der Waals surface area contributed by atoms with Gasteiger partial charge in [-0.3, -0.25) is 0 Å². The topological polar surface area (TPSA) is 0 Å². The van der Waals surface area contributed by atoms with E-state index < -0.39 is 0 Å². The Hall–Kier alpha value is -1.89. The molecule has 0 rings (SSSR count). The van der Waals surface area contributed by atoms with E-state index in [0.717, 1.165) is 48.0 Å². The fourth-order valence-electron chi connectivity index (χ4n) is 3.38. The van der Waals surface area contributed by atoms with E-state index in [-0.39, 0.29) is 17.7 Å². The number of allylic oxidation sites excluding steroid dienone is 10. The number of unbranched alkanes of at least 4 members (excludes halogenated alkanes) is 1. The van der Waals surface area contributed by atoms with Crippen LogP contribution < -0.4 is 0 Å². The molecule has 0 radical (unpaired) electrons. The van der Waals surface area contributed by atoms with E-state index in [1.807, 2.05) is 0 Å². The summed E-state index contributed by atoms with van der Waals surface area (Å²) in [6.45, 7) is 31.6. The molecule has 0 spiro atoms. The van der Waals surface area contributed by atoms with Gasteiger partial charge in [0.25, 0.3) is 0 Å². The minimum Gasteiger partial charge on any atom is -0.207 e. The van der Waals surface area contributed by atoms with Crippen LogP contribution in [0.1, 0.15) is 93.4 Å². The van der Waals surface area contributed by atoms with Gasteiger partial charge in [0.2, 0.25) is 0 Å². The molecular formula is C32H51F. The van der Waals surface area contributed by atoms with Gasteiger partial charge in [0, 0.05) is 0 Å².